The van der Waals surface area contributed by atoms with Gasteiger partial charge in [0.2, 0.25) is 0 Å². The second-order valence-corrected chi connectivity index (χ2v) is 5.20. The van der Waals surface area contributed by atoms with Gasteiger partial charge in [-0.2, -0.15) is 0 Å². The predicted octanol–water partition coefficient (Wildman–Crippen LogP) is 2.98. The maximum atomic E-state index is 4.72. The molecule has 3 heteroatoms. The largest absolute Gasteiger partial charge is 0.307 e. The Morgan fingerprint density at radius 1 is 1.41 bits per heavy atom. The molecule has 94 valence electrons. The van der Waals surface area contributed by atoms with Gasteiger partial charge in [-0.25, -0.2) is 9.97 Å². The summed E-state index contributed by atoms with van der Waals surface area (Å²) in [5.41, 5.74) is 2.39. The van der Waals surface area contributed by atoms with Crippen LogP contribution >= 0.6 is 0 Å². The molecule has 1 aromatic heterocycles. The van der Waals surface area contributed by atoms with E-state index in [1.165, 1.54) is 24.2 Å². The summed E-state index contributed by atoms with van der Waals surface area (Å²) >= 11 is 0. The van der Waals surface area contributed by atoms with E-state index in [0.29, 0.717) is 12.0 Å². The van der Waals surface area contributed by atoms with Gasteiger partial charge in [0.05, 0.1) is 6.04 Å². The quantitative estimate of drug-likeness (QED) is 0.868. The average molecular weight is 233 g/mol. The summed E-state index contributed by atoms with van der Waals surface area (Å²) in [6.07, 6.45) is 4.62. The van der Waals surface area contributed by atoms with Gasteiger partial charge in [-0.15, -0.1) is 0 Å². The van der Waals surface area contributed by atoms with Crippen LogP contribution < -0.4 is 5.32 Å². The third-order valence-corrected chi connectivity index (χ3v) is 3.29. The summed E-state index contributed by atoms with van der Waals surface area (Å²) < 4.78 is 0. The lowest BCUT2D eigenvalue weighted by molar-refractivity contribution is 0.590. The molecule has 3 nitrogen and oxygen atoms in total. The molecule has 1 saturated heterocycles. The van der Waals surface area contributed by atoms with Crippen molar-refractivity contribution in [1.29, 1.82) is 0 Å². The summed E-state index contributed by atoms with van der Waals surface area (Å²) in [7, 11) is 0. The normalized spacial score (nSPS) is 20.1. The molecule has 17 heavy (non-hydrogen) atoms. The van der Waals surface area contributed by atoms with Crippen molar-refractivity contribution < 1.29 is 0 Å². The highest BCUT2D eigenvalue weighted by Crippen LogP contribution is 2.22. The summed E-state index contributed by atoms with van der Waals surface area (Å²) in [5.74, 6) is 1.49. The number of nitrogens with one attached hydrogen (secondary N) is 1. The minimum absolute atomic E-state index is 0.379. The Labute approximate surface area is 104 Å². The molecule has 1 N–H and O–H groups in total. The van der Waals surface area contributed by atoms with Crippen molar-refractivity contribution in [2.24, 2.45) is 0 Å². The molecular weight excluding hydrogens is 210 g/mol. The van der Waals surface area contributed by atoms with Gasteiger partial charge in [-0.3, -0.25) is 0 Å². The Kier molecular flexibility index (Phi) is 4.11. The molecule has 1 aromatic rings. The second kappa shape index (κ2) is 5.58. The average Bonchev–Trinajstić information content (AvgIpc) is 2.82. The highest BCUT2D eigenvalue weighted by Gasteiger charge is 2.20. The van der Waals surface area contributed by atoms with Crippen LogP contribution in [0.5, 0.6) is 0 Å². The highest BCUT2D eigenvalue weighted by molar-refractivity contribution is 5.16. The molecule has 0 aliphatic carbocycles. The third kappa shape index (κ3) is 3.03. The standard InChI is InChI=1S/C14H23N3/c1-4-6-11-9-13(10(2)3)17-14(16-11)12-7-5-8-15-12/h9-10,12,15H,4-8H2,1-3H3. The van der Waals surface area contributed by atoms with E-state index >= 15 is 0 Å². The van der Waals surface area contributed by atoms with Gasteiger partial charge in [-0.1, -0.05) is 27.2 Å². The number of aryl methyl sites for hydroxylation is 1. The van der Waals surface area contributed by atoms with Crippen molar-refractivity contribution in [3.63, 3.8) is 0 Å². The Morgan fingerprint density at radius 3 is 2.82 bits per heavy atom. The van der Waals surface area contributed by atoms with Crippen LogP contribution in [0.25, 0.3) is 0 Å². The van der Waals surface area contributed by atoms with Crippen LogP contribution in [0, 0.1) is 0 Å². The number of rotatable bonds is 4. The minimum atomic E-state index is 0.379. The molecule has 0 radical (unpaired) electrons. The van der Waals surface area contributed by atoms with E-state index in [4.69, 9.17) is 9.97 Å². The Bertz CT molecular complexity index is 368. The first kappa shape index (κ1) is 12.5. The van der Waals surface area contributed by atoms with Crippen molar-refractivity contribution in [3.8, 4) is 0 Å². The van der Waals surface area contributed by atoms with Crippen molar-refractivity contribution in [3.05, 3.63) is 23.3 Å². The number of aromatic nitrogens is 2. The maximum absolute atomic E-state index is 4.72. The van der Waals surface area contributed by atoms with E-state index in [1.54, 1.807) is 0 Å². The van der Waals surface area contributed by atoms with E-state index in [2.05, 4.69) is 32.2 Å². The van der Waals surface area contributed by atoms with Crippen molar-refractivity contribution in [2.45, 2.75) is 58.4 Å². The highest BCUT2D eigenvalue weighted by atomic mass is 15.0. The minimum Gasteiger partial charge on any atom is -0.307 e. The first-order chi connectivity index (χ1) is 8.20. The molecule has 1 atom stereocenters. The fourth-order valence-corrected chi connectivity index (χ4v) is 2.28. The SMILES string of the molecule is CCCc1cc(C(C)C)nc(C2CCCN2)n1. The van der Waals surface area contributed by atoms with E-state index in [0.717, 1.165) is 25.2 Å². The first-order valence-electron chi connectivity index (χ1n) is 6.81. The molecule has 2 rings (SSSR count). The van der Waals surface area contributed by atoms with Crippen molar-refractivity contribution in [2.75, 3.05) is 6.54 Å². The van der Waals surface area contributed by atoms with Gasteiger partial charge >= 0.3 is 0 Å². The Balaban J connectivity index is 2.29. The van der Waals surface area contributed by atoms with Gasteiger partial charge < -0.3 is 5.32 Å². The van der Waals surface area contributed by atoms with E-state index in [1.807, 2.05) is 0 Å². The van der Waals surface area contributed by atoms with Gasteiger partial charge in [0.1, 0.15) is 5.82 Å². The van der Waals surface area contributed by atoms with Crippen LogP contribution in [-0.4, -0.2) is 16.5 Å². The van der Waals surface area contributed by atoms with Crippen LogP contribution in [0.15, 0.2) is 6.07 Å². The fourth-order valence-electron chi connectivity index (χ4n) is 2.28. The molecule has 0 spiro atoms. The second-order valence-electron chi connectivity index (χ2n) is 5.20. The van der Waals surface area contributed by atoms with Crippen LogP contribution in [0.2, 0.25) is 0 Å². The number of hydrogen-bond donors (Lipinski definition) is 1. The lowest BCUT2D eigenvalue weighted by Gasteiger charge is -2.14. The molecule has 0 amide bonds. The van der Waals surface area contributed by atoms with Gasteiger partial charge in [-0.05, 0) is 37.8 Å². The van der Waals surface area contributed by atoms with Gasteiger partial charge in [0, 0.05) is 11.4 Å². The summed E-state index contributed by atoms with van der Waals surface area (Å²) in [5, 5.41) is 3.48. The smallest absolute Gasteiger partial charge is 0.145 e. The van der Waals surface area contributed by atoms with E-state index in [-0.39, 0.29) is 0 Å². The predicted molar refractivity (Wildman–Crippen MR) is 70.1 cm³/mol. The zero-order valence-corrected chi connectivity index (χ0v) is 11.2. The Morgan fingerprint density at radius 2 is 2.24 bits per heavy atom. The van der Waals surface area contributed by atoms with Crippen LogP contribution in [0.1, 0.15) is 69.2 Å². The lowest BCUT2D eigenvalue weighted by Crippen LogP contribution is -2.17. The third-order valence-electron chi connectivity index (χ3n) is 3.29. The van der Waals surface area contributed by atoms with Gasteiger partial charge in [0.15, 0.2) is 0 Å². The molecule has 0 aromatic carbocycles. The topological polar surface area (TPSA) is 37.8 Å². The molecular formula is C14H23N3. The molecule has 0 bridgehead atoms. The van der Waals surface area contributed by atoms with Crippen LogP contribution in [0.3, 0.4) is 0 Å². The molecule has 1 aliphatic rings. The molecule has 1 aliphatic heterocycles. The van der Waals surface area contributed by atoms with Crippen molar-refractivity contribution in [1.82, 2.24) is 15.3 Å². The van der Waals surface area contributed by atoms with Gasteiger partial charge in [0.25, 0.3) is 0 Å². The zero-order valence-electron chi connectivity index (χ0n) is 11.2. The summed E-state index contributed by atoms with van der Waals surface area (Å²) in [6, 6.07) is 2.55. The van der Waals surface area contributed by atoms with Crippen LogP contribution in [0.4, 0.5) is 0 Å². The number of hydrogen-bond acceptors (Lipinski definition) is 3. The Hall–Kier alpha value is -0.960. The zero-order chi connectivity index (χ0) is 12.3. The number of nitrogens with zero attached hydrogens (tertiary/aromatic N) is 2. The fraction of sp³-hybridized carbons (Fsp3) is 0.714. The van der Waals surface area contributed by atoms with Crippen LogP contribution in [-0.2, 0) is 6.42 Å². The molecule has 1 unspecified atom stereocenters. The molecule has 1 fully saturated rings. The summed E-state index contributed by atoms with van der Waals surface area (Å²) in [4.78, 5) is 9.44. The maximum Gasteiger partial charge on any atom is 0.145 e. The monoisotopic (exact) mass is 233 g/mol. The van der Waals surface area contributed by atoms with E-state index in [9.17, 15) is 0 Å². The van der Waals surface area contributed by atoms with E-state index < -0.39 is 0 Å². The molecule has 0 saturated carbocycles. The first-order valence-corrected chi connectivity index (χ1v) is 6.81. The summed E-state index contributed by atoms with van der Waals surface area (Å²) in [6.45, 7) is 7.70. The lowest BCUT2D eigenvalue weighted by atomic mass is 10.1. The molecule has 2 heterocycles. The van der Waals surface area contributed by atoms with Crippen molar-refractivity contribution >= 4 is 0 Å².